The van der Waals surface area contributed by atoms with Crippen molar-refractivity contribution in [2.45, 2.75) is 51.4 Å². The summed E-state index contributed by atoms with van der Waals surface area (Å²) in [5.41, 5.74) is 1.63. The summed E-state index contributed by atoms with van der Waals surface area (Å²) in [6, 6.07) is 9.92. The van der Waals surface area contributed by atoms with Gasteiger partial charge in [-0.2, -0.15) is 0 Å². The molecule has 0 heterocycles. The number of ether oxygens (including phenoxy) is 3. The number of aliphatic hydroxyl groups is 2. The Morgan fingerprint density at radius 3 is 2.52 bits per heavy atom. The number of methoxy groups -OCH3 is 2. The molecule has 3 rings (SSSR count). The van der Waals surface area contributed by atoms with E-state index >= 15 is 0 Å². The summed E-state index contributed by atoms with van der Waals surface area (Å²) in [5, 5.41) is 23.6. The van der Waals surface area contributed by atoms with Crippen molar-refractivity contribution in [1.82, 2.24) is 10.2 Å². The molecule has 0 saturated heterocycles. The van der Waals surface area contributed by atoms with E-state index in [0.29, 0.717) is 44.7 Å². The van der Waals surface area contributed by atoms with E-state index in [1.807, 2.05) is 60.7 Å². The first-order chi connectivity index (χ1) is 20.1. The van der Waals surface area contributed by atoms with Gasteiger partial charge in [0, 0.05) is 37.1 Å². The predicted molar refractivity (Wildman–Crippen MR) is 166 cm³/mol. The minimum Gasteiger partial charge on any atom is -0.496 e. The first-order valence-corrected chi connectivity index (χ1v) is 14.9. The van der Waals surface area contributed by atoms with Gasteiger partial charge in [-0.05, 0) is 64.8 Å². The number of halogens is 1. The highest BCUT2D eigenvalue weighted by Crippen LogP contribution is 2.37. The molecule has 0 aromatic heterocycles. The van der Waals surface area contributed by atoms with Gasteiger partial charge < -0.3 is 34.6 Å². The molecule has 1 aliphatic carbocycles. The second-order valence-electron chi connectivity index (χ2n) is 10.4. The number of amides is 2. The lowest BCUT2D eigenvalue weighted by Crippen LogP contribution is -2.55. The molecular weight excluding hydrogens is 655 g/mol. The fourth-order valence-electron chi connectivity index (χ4n) is 4.93. The third-order valence-electron chi connectivity index (χ3n) is 6.97. The standard InChI is InChI=1S/C31H39IN2O8/c1-19(2)13-28(37)34(11-9-21-7-5-6-8-25(21)40-3)24-16-22(31(39)33-10-12-35)17-26(29(24)38)42-30-23(32)14-20(18-36)15-27(30)41-4/h5-8,14-15,17-19,24,26,29,35,38H,9-13,16H2,1-4H3,(H,33,39). The number of aldehydes is 1. The van der Waals surface area contributed by atoms with Crippen LogP contribution in [0, 0.1) is 9.49 Å². The number of nitrogens with one attached hydrogen (secondary N) is 1. The molecule has 0 spiro atoms. The van der Waals surface area contributed by atoms with Crippen LogP contribution in [0.4, 0.5) is 0 Å². The zero-order valence-corrected chi connectivity index (χ0v) is 26.5. The zero-order chi connectivity index (χ0) is 30.8. The Labute approximate surface area is 260 Å². The summed E-state index contributed by atoms with van der Waals surface area (Å²) in [6.45, 7) is 3.99. The Balaban J connectivity index is 2.02. The topological polar surface area (TPSA) is 135 Å². The number of carbonyl (C=O) groups is 3. The average molecular weight is 695 g/mol. The minimum absolute atomic E-state index is 0.0532. The van der Waals surface area contributed by atoms with Gasteiger partial charge in [-0.3, -0.25) is 14.4 Å². The van der Waals surface area contributed by atoms with Crippen LogP contribution in [-0.4, -0.2) is 85.4 Å². The van der Waals surface area contributed by atoms with Crippen molar-refractivity contribution in [3.63, 3.8) is 0 Å². The lowest BCUT2D eigenvalue weighted by atomic mass is 9.87. The fourth-order valence-corrected chi connectivity index (χ4v) is 5.68. The van der Waals surface area contributed by atoms with Crippen LogP contribution in [0.15, 0.2) is 48.0 Å². The lowest BCUT2D eigenvalue weighted by Gasteiger charge is -2.41. The van der Waals surface area contributed by atoms with Gasteiger partial charge in [-0.25, -0.2) is 0 Å². The molecule has 2 aromatic rings. The molecule has 1 aliphatic rings. The SMILES string of the molecule is COc1ccccc1CCN(C(=O)CC(C)C)C1CC(C(=O)NCCO)=CC(Oc2c(I)cc(C=O)cc2OC)C1O. The van der Waals surface area contributed by atoms with Gasteiger partial charge >= 0.3 is 0 Å². The Morgan fingerprint density at radius 1 is 1.17 bits per heavy atom. The van der Waals surface area contributed by atoms with Gasteiger partial charge in [0.2, 0.25) is 11.8 Å². The molecule has 42 heavy (non-hydrogen) atoms. The summed E-state index contributed by atoms with van der Waals surface area (Å²) in [5.74, 6) is 0.791. The second kappa shape index (κ2) is 15.9. The number of para-hydroxylation sites is 1. The van der Waals surface area contributed by atoms with Crippen LogP contribution in [-0.2, 0) is 16.0 Å². The summed E-state index contributed by atoms with van der Waals surface area (Å²) in [7, 11) is 3.04. The van der Waals surface area contributed by atoms with E-state index in [-0.39, 0.29) is 44.4 Å². The van der Waals surface area contributed by atoms with Crippen LogP contribution in [0.2, 0.25) is 0 Å². The first-order valence-electron chi connectivity index (χ1n) is 13.8. The molecule has 0 fully saturated rings. The number of nitrogens with zero attached hydrogens (tertiary/aromatic N) is 1. The highest BCUT2D eigenvalue weighted by atomic mass is 127. The van der Waals surface area contributed by atoms with E-state index in [9.17, 15) is 24.6 Å². The van der Waals surface area contributed by atoms with E-state index < -0.39 is 24.2 Å². The van der Waals surface area contributed by atoms with Crippen molar-refractivity contribution < 1.29 is 38.8 Å². The summed E-state index contributed by atoms with van der Waals surface area (Å²) in [6.07, 6.45) is 0.841. The third kappa shape index (κ3) is 8.45. The average Bonchev–Trinajstić information content (AvgIpc) is 2.97. The fraction of sp³-hybridized carbons (Fsp3) is 0.452. The van der Waals surface area contributed by atoms with Crippen molar-refractivity contribution >= 4 is 40.7 Å². The molecule has 0 aliphatic heterocycles. The van der Waals surface area contributed by atoms with Crippen LogP contribution in [0.5, 0.6) is 17.2 Å². The predicted octanol–water partition coefficient (Wildman–Crippen LogP) is 3.15. The van der Waals surface area contributed by atoms with Crippen LogP contribution < -0.4 is 19.5 Å². The number of hydrogen-bond donors (Lipinski definition) is 3. The van der Waals surface area contributed by atoms with E-state index in [1.165, 1.54) is 13.2 Å². The summed E-state index contributed by atoms with van der Waals surface area (Å²) >= 11 is 2.02. The summed E-state index contributed by atoms with van der Waals surface area (Å²) in [4.78, 5) is 39.8. The smallest absolute Gasteiger partial charge is 0.247 e. The van der Waals surface area contributed by atoms with E-state index in [1.54, 1.807) is 24.2 Å². The van der Waals surface area contributed by atoms with Gasteiger partial charge in [0.1, 0.15) is 24.2 Å². The number of rotatable bonds is 14. The van der Waals surface area contributed by atoms with Crippen molar-refractivity contribution in [2.75, 3.05) is 33.9 Å². The van der Waals surface area contributed by atoms with Crippen molar-refractivity contribution in [3.05, 3.63) is 62.7 Å². The van der Waals surface area contributed by atoms with Gasteiger partial charge in [-0.15, -0.1) is 0 Å². The molecule has 10 nitrogen and oxygen atoms in total. The van der Waals surface area contributed by atoms with Gasteiger partial charge in [0.25, 0.3) is 0 Å². The molecular formula is C31H39IN2O8. The normalized spacial score (nSPS) is 18.2. The Kier molecular flexibility index (Phi) is 12.6. The van der Waals surface area contributed by atoms with Crippen molar-refractivity contribution in [3.8, 4) is 17.2 Å². The Bertz CT molecular complexity index is 1280. The maximum absolute atomic E-state index is 13.6. The molecule has 11 heteroatoms. The highest BCUT2D eigenvalue weighted by molar-refractivity contribution is 14.1. The Hall–Kier alpha value is -3.16. The third-order valence-corrected chi connectivity index (χ3v) is 7.78. The van der Waals surface area contributed by atoms with Gasteiger partial charge in [0.05, 0.1) is 30.4 Å². The zero-order valence-electron chi connectivity index (χ0n) is 24.3. The van der Waals surface area contributed by atoms with E-state index in [2.05, 4.69) is 5.32 Å². The number of hydrogen-bond acceptors (Lipinski definition) is 8. The molecule has 2 amide bonds. The molecule has 228 valence electrons. The maximum Gasteiger partial charge on any atom is 0.247 e. The molecule has 0 saturated carbocycles. The number of aliphatic hydroxyl groups excluding tert-OH is 2. The minimum atomic E-state index is -1.19. The first kappa shape index (κ1) is 33.3. The van der Waals surface area contributed by atoms with Gasteiger partial charge in [-0.1, -0.05) is 32.0 Å². The lowest BCUT2D eigenvalue weighted by molar-refractivity contribution is -0.139. The molecule has 3 unspecified atom stereocenters. The van der Waals surface area contributed by atoms with Crippen LogP contribution in [0.3, 0.4) is 0 Å². The van der Waals surface area contributed by atoms with Crippen LogP contribution in [0.25, 0.3) is 0 Å². The quantitative estimate of drug-likeness (QED) is 0.203. The van der Waals surface area contributed by atoms with Crippen molar-refractivity contribution in [2.24, 2.45) is 5.92 Å². The largest absolute Gasteiger partial charge is 0.496 e. The van der Waals surface area contributed by atoms with Crippen molar-refractivity contribution in [1.29, 1.82) is 0 Å². The molecule has 0 radical (unpaired) electrons. The van der Waals surface area contributed by atoms with Crippen LogP contribution >= 0.6 is 22.6 Å². The maximum atomic E-state index is 13.6. The molecule has 3 N–H and O–H groups in total. The Morgan fingerprint density at radius 2 is 1.88 bits per heavy atom. The van der Waals surface area contributed by atoms with E-state index in [4.69, 9.17) is 14.2 Å². The van der Waals surface area contributed by atoms with E-state index in [0.717, 1.165) is 5.56 Å². The molecule has 3 atom stereocenters. The van der Waals surface area contributed by atoms with Crippen LogP contribution in [0.1, 0.15) is 42.6 Å². The van der Waals surface area contributed by atoms with Gasteiger partial charge in [0.15, 0.2) is 11.5 Å². The monoisotopic (exact) mass is 694 g/mol. The summed E-state index contributed by atoms with van der Waals surface area (Å²) < 4.78 is 17.8. The molecule has 2 aromatic carbocycles. The second-order valence-corrected chi connectivity index (χ2v) is 11.6. The highest BCUT2D eigenvalue weighted by Gasteiger charge is 2.41. The number of benzene rings is 2. The number of carbonyl (C=O) groups excluding carboxylic acids is 3. The molecule has 0 bridgehead atoms.